The molecule has 0 saturated heterocycles. The molecule has 1 heterocycles. The molecule has 0 aliphatic rings. The maximum Gasteiger partial charge on any atom is 0.418 e. The number of aliphatic hydroxyl groups excluding tert-OH is 1. The number of rotatable bonds is 2. The summed E-state index contributed by atoms with van der Waals surface area (Å²) in [5, 5.41) is 19.6. The van der Waals surface area contributed by atoms with E-state index in [-0.39, 0.29) is 16.1 Å². The number of alkyl halides is 3. The molecule has 7 heteroatoms. The van der Waals surface area contributed by atoms with Gasteiger partial charge in [0.25, 0.3) is 0 Å². The number of hydrogen-bond donors (Lipinski definition) is 1. The highest BCUT2D eigenvalue weighted by molar-refractivity contribution is 6.32. The Morgan fingerprint density at radius 1 is 1.15 bits per heavy atom. The van der Waals surface area contributed by atoms with Crippen molar-refractivity contribution in [2.45, 2.75) is 32.4 Å². The van der Waals surface area contributed by atoms with E-state index in [1.165, 1.54) is 7.05 Å². The molecule has 1 aromatic carbocycles. The van der Waals surface area contributed by atoms with E-state index < -0.39 is 23.1 Å². The minimum Gasteiger partial charge on any atom is -0.506 e. The predicted octanol–water partition coefficient (Wildman–Crippen LogP) is 5.94. The second-order valence-electron chi connectivity index (χ2n) is 6.98. The second-order valence-corrected chi connectivity index (χ2v) is 7.34. The molecule has 0 aliphatic heterocycles. The Labute approximate surface area is 154 Å². The van der Waals surface area contributed by atoms with Crippen LogP contribution >= 0.6 is 11.6 Å². The maximum atomic E-state index is 13.3. The molecule has 0 aliphatic carbocycles. The van der Waals surface area contributed by atoms with Crippen LogP contribution in [0.15, 0.2) is 30.5 Å². The van der Waals surface area contributed by atoms with Crippen molar-refractivity contribution in [3.63, 3.8) is 0 Å². The van der Waals surface area contributed by atoms with Gasteiger partial charge in [0.2, 0.25) is 0 Å². The molecule has 0 bridgehead atoms. The fourth-order valence-corrected chi connectivity index (χ4v) is 2.80. The van der Waals surface area contributed by atoms with Crippen LogP contribution < -0.4 is 0 Å². The van der Waals surface area contributed by atoms with E-state index in [9.17, 15) is 23.5 Å². The number of nitriles is 1. The van der Waals surface area contributed by atoms with E-state index in [2.05, 4.69) is 0 Å². The van der Waals surface area contributed by atoms with Crippen LogP contribution in [0.5, 0.6) is 0 Å². The summed E-state index contributed by atoms with van der Waals surface area (Å²) in [4.78, 5) is 0. The van der Waals surface area contributed by atoms with Gasteiger partial charge < -0.3 is 9.67 Å². The summed E-state index contributed by atoms with van der Waals surface area (Å²) in [5.41, 5.74) is -0.787. The van der Waals surface area contributed by atoms with Crippen LogP contribution in [0.2, 0.25) is 5.15 Å². The Kier molecular flexibility index (Phi) is 5.16. The molecule has 0 fully saturated rings. The van der Waals surface area contributed by atoms with E-state index in [1.54, 1.807) is 30.3 Å². The van der Waals surface area contributed by atoms with Crippen molar-refractivity contribution >= 4 is 22.9 Å². The summed E-state index contributed by atoms with van der Waals surface area (Å²) < 4.78 is 40.9. The van der Waals surface area contributed by atoms with E-state index in [1.807, 2.05) is 20.8 Å². The summed E-state index contributed by atoms with van der Waals surface area (Å²) in [5.74, 6) is -0.797. The third kappa shape index (κ3) is 3.73. The third-order valence-electron chi connectivity index (χ3n) is 4.04. The molecule has 0 radical (unpaired) electrons. The monoisotopic (exact) mass is 382 g/mol. The summed E-state index contributed by atoms with van der Waals surface area (Å²) in [6, 6.07) is 8.53. The van der Waals surface area contributed by atoms with Crippen molar-refractivity contribution < 1.29 is 18.3 Å². The molecule has 0 saturated carbocycles. The maximum absolute atomic E-state index is 13.3. The topological polar surface area (TPSA) is 49.0 Å². The molecule has 1 N–H and O–H groups in total. The summed E-state index contributed by atoms with van der Waals surface area (Å²) in [6.45, 7) is 6.04. The van der Waals surface area contributed by atoms with Gasteiger partial charge in [-0.1, -0.05) is 56.6 Å². The molecular weight excluding hydrogens is 365 g/mol. The van der Waals surface area contributed by atoms with Gasteiger partial charge in [0.05, 0.1) is 11.1 Å². The third-order valence-corrected chi connectivity index (χ3v) is 4.49. The van der Waals surface area contributed by atoms with Crippen LogP contribution in [0.3, 0.4) is 0 Å². The number of benzene rings is 1. The van der Waals surface area contributed by atoms with Crippen molar-refractivity contribution in [2.24, 2.45) is 7.05 Å². The van der Waals surface area contributed by atoms with Gasteiger partial charge in [0, 0.05) is 13.2 Å². The van der Waals surface area contributed by atoms with Crippen LogP contribution in [-0.4, -0.2) is 9.67 Å². The molecule has 1 aromatic heterocycles. The summed E-state index contributed by atoms with van der Waals surface area (Å²) in [6.07, 6.45) is -3.93. The Balaban J connectivity index is 2.66. The van der Waals surface area contributed by atoms with Crippen molar-refractivity contribution in [1.82, 2.24) is 4.57 Å². The summed E-state index contributed by atoms with van der Waals surface area (Å²) >= 11 is 5.95. The average molecular weight is 383 g/mol. The van der Waals surface area contributed by atoms with Gasteiger partial charge in [0.15, 0.2) is 0 Å². The van der Waals surface area contributed by atoms with Crippen LogP contribution in [0.25, 0.3) is 11.3 Å². The molecule has 0 unspecified atom stereocenters. The minimum absolute atomic E-state index is 0.122. The first-order valence-corrected chi connectivity index (χ1v) is 8.12. The highest BCUT2D eigenvalue weighted by atomic mass is 35.5. The van der Waals surface area contributed by atoms with Crippen molar-refractivity contribution in [3.8, 4) is 6.07 Å². The number of halogens is 4. The standard InChI is InChI=1S/C19H18ClF3N2O/c1-18(2,3)12-7-5-11(6-8-12)13(9-24)16(26)15-14(19(21,22)23)10-25(4)17(15)20/h5-8,10,26H,1-4H3/b16-13-. The second kappa shape index (κ2) is 6.73. The molecule has 0 amide bonds. The zero-order valence-corrected chi connectivity index (χ0v) is 15.5. The quantitative estimate of drug-likeness (QED) is 0.515. The van der Waals surface area contributed by atoms with E-state index >= 15 is 0 Å². The highest BCUT2D eigenvalue weighted by Gasteiger charge is 2.38. The molecule has 2 aromatic rings. The normalized spacial score (nSPS) is 13.3. The van der Waals surface area contributed by atoms with Crippen molar-refractivity contribution in [2.75, 3.05) is 0 Å². The largest absolute Gasteiger partial charge is 0.506 e. The fraction of sp³-hybridized carbons (Fsp3) is 0.316. The molecule has 2 rings (SSSR count). The predicted molar refractivity (Wildman–Crippen MR) is 95.6 cm³/mol. The lowest BCUT2D eigenvalue weighted by Crippen LogP contribution is -2.10. The molecular formula is C19H18ClF3N2O. The van der Waals surface area contributed by atoms with Crippen LogP contribution in [0, 0.1) is 11.3 Å². The molecule has 138 valence electrons. The summed E-state index contributed by atoms with van der Waals surface area (Å²) in [7, 11) is 1.33. The van der Waals surface area contributed by atoms with Gasteiger partial charge >= 0.3 is 6.18 Å². The van der Waals surface area contributed by atoms with Gasteiger partial charge in [0.1, 0.15) is 22.6 Å². The Hall–Kier alpha value is -2.39. The first-order valence-electron chi connectivity index (χ1n) is 7.74. The number of hydrogen-bond acceptors (Lipinski definition) is 2. The molecule has 0 atom stereocenters. The van der Waals surface area contributed by atoms with Gasteiger partial charge in [-0.05, 0) is 16.5 Å². The van der Waals surface area contributed by atoms with Gasteiger partial charge in [-0.25, -0.2) is 0 Å². The first-order chi connectivity index (χ1) is 11.9. The van der Waals surface area contributed by atoms with Gasteiger partial charge in [-0.2, -0.15) is 18.4 Å². The fourth-order valence-electron chi connectivity index (χ4n) is 2.56. The van der Waals surface area contributed by atoms with Gasteiger partial charge in [-0.15, -0.1) is 0 Å². The highest BCUT2D eigenvalue weighted by Crippen LogP contribution is 2.41. The smallest absolute Gasteiger partial charge is 0.418 e. The molecule has 0 spiro atoms. The minimum atomic E-state index is -4.72. The van der Waals surface area contributed by atoms with E-state index in [0.717, 1.165) is 16.3 Å². The Morgan fingerprint density at radius 2 is 1.69 bits per heavy atom. The Morgan fingerprint density at radius 3 is 2.12 bits per heavy atom. The van der Waals surface area contributed by atoms with E-state index in [0.29, 0.717) is 5.56 Å². The number of aliphatic hydroxyl groups is 1. The molecule has 26 heavy (non-hydrogen) atoms. The number of aryl methyl sites for hydroxylation is 1. The van der Waals surface area contributed by atoms with Gasteiger partial charge in [-0.3, -0.25) is 0 Å². The average Bonchev–Trinajstić information content (AvgIpc) is 2.83. The zero-order chi connectivity index (χ0) is 19.9. The zero-order valence-electron chi connectivity index (χ0n) is 14.7. The van der Waals surface area contributed by atoms with Crippen molar-refractivity contribution in [3.05, 3.63) is 57.9 Å². The van der Waals surface area contributed by atoms with Crippen LogP contribution in [-0.2, 0) is 18.6 Å². The SMILES string of the molecule is Cn1cc(C(F)(F)F)c(/C(O)=C(\C#N)c2ccc(C(C)(C)C)cc2)c1Cl. The Bertz CT molecular complexity index is 895. The lowest BCUT2D eigenvalue weighted by Gasteiger charge is -2.19. The first kappa shape index (κ1) is 19.9. The lowest BCUT2D eigenvalue weighted by molar-refractivity contribution is -0.137. The van der Waals surface area contributed by atoms with Crippen molar-refractivity contribution in [1.29, 1.82) is 5.26 Å². The number of aromatic nitrogens is 1. The van der Waals surface area contributed by atoms with Crippen LogP contribution in [0.1, 0.15) is 43.0 Å². The number of allylic oxidation sites excluding steroid dienone is 1. The molecule has 3 nitrogen and oxygen atoms in total. The number of nitrogens with zero attached hydrogens (tertiary/aromatic N) is 2. The van der Waals surface area contributed by atoms with E-state index in [4.69, 9.17) is 11.6 Å². The van der Waals surface area contributed by atoms with Crippen LogP contribution in [0.4, 0.5) is 13.2 Å². The lowest BCUT2D eigenvalue weighted by atomic mass is 9.86.